The summed E-state index contributed by atoms with van der Waals surface area (Å²) in [6, 6.07) is 13.6. The summed E-state index contributed by atoms with van der Waals surface area (Å²) in [6.07, 6.45) is 0. The van der Waals surface area contributed by atoms with Crippen molar-refractivity contribution in [3.8, 4) is 5.75 Å². The molecule has 6 heteroatoms. The van der Waals surface area contributed by atoms with Crippen LogP contribution in [0.15, 0.2) is 42.5 Å². The highest BCUT2D eigenvalue weighted by Crippen LogP contribution is 2.17. The molecule has 0 aromatic heterocycles. The van der Waals surface area contributed by atoms with Crippen molar-refractivity contribution in [3.63, 3.8) is 0 Å². The van der Waals surface area contributed by atoms with Gasteiger partial charge in [-0.3, -0.25) is 4.79 Å². The normalized spacial score (nSPS) is 14.6. The predicted octanol–water partition coefficient (Wildman–Crippen LogP) is 3.24. The van der Waals surface area contributed by atoms with Gasteiger partial charge in [0.15, 0.2) is 6.61 Å². The highest BCUT2D eigenvalue weighted by atomic mass is 32.1. The first-order valence-electron chi connectivity index (χ1n) is 9.50. The van der Waals surface area contributed by atoms with Crippen LogP contribution >= 0.6 is 12.2 Å². The summed E-state index contributed by atoms with van der Waals surface area (Å²) in [4.78, 5) is 17.6. The van der Waals surface area contributed by atoms with Crippen molar-refractivity contribution in [3.05, 3.63) is 59.2 Å². The molecule has 0 spiro atoms. The third-order valence-electron chi connectivity index (χ3n) is 4.92. The number of likely N-dealkylation sites (N-methyl/N-ethyl adjacent to an activating group) is 1. The quantitative estimate of drug-likeness (QED) is 0.785. The lowest BCUT2D eigenvalue weighted by Gasteiger charge is -2.34. The number of anilines is 1. The maximum Gasteiger partial charge on any atom is 0.262 e. The fraction of sp³-hybridized carbons (Fsp3) is 0.364. The molecule has 0 unspecified atom stereocenters. The van der Waals surface area contributed by atoms with Gasteiger partial charge < -0.3 is 19.9 Å². The number of nitrogens with one attached hydrogen (secondary N) is 1. The Bertz CT molecular complexity index is 843. The minimum atomic E-state index is -0.177. The van der Waals surface area contributed by atoms with Crippen LogP contribution in [0.1, 0.15) is 16.7 Å². The molecular weight excluding hydrogens is 370 g/mol. The molecule has 148 valence electrons. The molecule has 3 rings (SSSR count). The molecule has 1 heterocycles. The van der Waals surface area contributed by atoms with Gasteiger partial charge in [-0.1, -0.05) is 29.9 Å². The molecule has 0 bridgehead atoms. The van der Waals surface area contributed by atoms with E-state index in [1.165, 1.54) is 5.56 Å². The Morgan fingerprint density at radius 2 is 1.75 bits per heavy atom. The molecule has 1 amide bonds. The third kappa shape index (κ3) is 5.30. The Balaban J connectivity index is 1.51. The fourth-order valence-corrected chi connectivity index (χ4v) is 3.49. The number of rotatable bonds is 5. The minimum absolute atomic E-state index is 0.0322. The number of aryl methyl sites for hydroxylation is 2. The minimum Gasteiger partial charge on any atom is -0.484 e. The number of amides is 1. The van der Waals surface area contributed by atoms with Gasteiger partial charge in [0.05, 0.1) is 0 Å². The Labute approximate surface area is 172 Å². The maximum absolute atomic E-state index is 12.2. The Kier molecular flexibility index (Phi) is 6.65. The van der Waals surface area contributed by atoms with Crippen molar-refractivity contribution < 1.29 is 9.53 Å². The van der Waals surface area contributed by atoms with E-state index >= 15 is 0 Å². The van der Waals surface area contributed by atoms with E-state index in [1.807, 2.05) is 56.3 Å². The predicted molar refractivity (Wildman–Crippen MR) is 117 cm³/mol. The highest BCUT2D eigenvalue weighted by molar-refractivity contribution is 7.80. The zero-order valence-electron chi connectivity index (χ0n) is 16.7. The number of nitrogens with zero attached hydrogens (tertiary/aromatic N) is 2. The van der Waals surface area contributed by atoms with Crippen LogP contribution in [0.25, 0.3) is 0 Å². The van der Waals surface area contributed by atoms with Gasteiger partial charge in [0, 0.05) is 37.4 Å². The number of carbonyl (C=O) groups is 1. The van der Waals surface area contributed by atoms with E-state index in [-0.39, 0.29) is 12.5 Å². The van der Waals surface area contributed by atoms with E-state index in [0.29, 0.717) is 5.75 Å². The Morgan fingerprint density at radius 3 is 2.39 bits per heavy atom. The molecule has 0 atom stereocenters. The van der Waals surface area contributed by atoms with Gasteiger partial charge in [0.2, 0.25) is 0 Å². The lowest BCUT2D eigenvalue weighted by atomic mass is 10.1. The molecule has 1 aliphatic heterocycles. The SMILES string of the molecule is Cc1ccc(NC(=O)COc2ccc(C(=S)N3CCN(C)CC3)cc2)c(C)c1. The van der Waals surface area contributed by atoms with Crippen LogP contribution in [-0.2, 0) is 4.79 Å². The van der Waals surface area contributed by atoms with Gasteiger partial charge in [-0.2, -0.15) is 0 Å². The Hall–Kier alpha value is -2.44. The third-order valence-corrected chi connectivity index (χ3v) is 5.41. The molecule has 28 heavy (non-hydrogen) atoms. The number of piperazine rings is 1. The summed E-state index contributed by atoms with van der Waals surface area (Å²) in [5.74, 6) is 0.477. The van der Waals surface area contributed by atoms with Crippen LogP contribution < -0.4 is 10.1 Å². The summed E-state index contributed by atoms with van der Waals surface area (Å²) in [5, 5.41) is 2.89. The second kappa shape index (κ2) is 9.17. The molecule has 5 nitrogen and oxygen atoms in total. The lowest BCUT2D eigenvalue weighted by Crippen LogP contribution is -2.46. The summed E-state index contributed by atoms with van der Waals surface area (Å²) < 4.78 is 5.62. The molecule has 0 aliphatic carbocycles. The van der Waals surface area contributed by atoms with Gasteiger partial charge in [0.1, 0.15) is 10.7 Å². The van der Waals surface area contributed by atoms with E-state index in [2.05, 4.69) is 22.2 Å². The van der Waals surface area contributed by atoms with Crippen LogP contribution in [0, 0.1) is 13.8 Å². The monoisotopic (exact) mass is 397 g/mol. The maximum atomic E-state index is 12.2. The average molecular weight is 398 g/mol. The molecule has 1 N–H and O–H groups in total. The zero-order chi connectivity index (χ0) is 20.1. The molecular formula is C22H27N3O2S. The van der Waals surface area contributed by atoms with E-state index in [0.717, 1.165) is 48.0 Å². The van der Waals surface area contributed by atoms with Crippen LogP contribution in [0.4, 0.5) is 5.69 Å². The van der Waals surface area contributed by atoms with Crippen molar-refractivity contribution >= 4 is 28.8 Å². The smallest absolute Gasteiger partial charge is 0.262 e. The van der Waals surface area contributed by atoms with Crippen LogP contribution in [0.2, 0.25) is 0 Å². The molecule has 1 aliphatic rings. The van der Waals surface area contributed by atoms with E-state index in [9.17, 15) is 4.79 Å². The lowest BCUT2D eigenvalue weighted by molar-refractivity contribution is -0.118. The number of hydrogen-bond donors (Lipinski definition) is 1. The van der Waals surface area contributed by atoms with E-state index in [4.69, 9.17) is 17.0 Å². The summed E-state index contributed by atoms with van der Waals surface area (Å²) in [7, 11) is 2.13. The molecule has 1 fully saturated rings. The number of thiocarbonyl (C=S) groups is 1. The number of carbonyl (C=O) groups excluding carboxylic acids is 1. The zero-order valence-corrected chi connectivity index (χ0v) is 17.5. The van der Waals surface area contributed by atoms with Crippen molar-refractivity contribution in [2.24, 2.45) is 0 Å². The molecule has 0 radical (unpaired) electrons. The van der Waals surface area contributed by atoms with E-state index in [1.54, 1.807) is 0 Å². The van der Waals surface area contributed by atoms with Gasteiger partial charge in [-0.05, 0) is 56.8 Å². The second-order valence-corrected chi connectivity index (χ2v) is 7.66. The van der Waals surface area contributed by atoms with Gasteiger partial charge in [0.25, 0.3) is 5.91 Å². The first kappa shape index (κ1) is 20.3. The van der Waals surface area contributed by atoms with Crippen molar-refractivity contribution in [2.75, 3.05) is 45.2 Å². The van der Waals surface area contributed by atoms with Crippen molar-refractivity contribution in [2.45, 2.75) is 13.8 Å². The molecule has 1 saturated heterocycles. The van der Waals surface area contributed by atoms with E-state index < -0.39 is 0 Å². The van der Waals surface area contributed by atoms with Gasteiger partial charge in [-0.15, -0.1) is 0 Å². The standard InChI is InChI=1S/C22H27N3O2S/c1-16-4-9-20(17(2)14-16)23-21(26)15-27-19-7-5-18(6-8-19)22(28)25-12-10-24(3)11-13-25/h4-9,14H,10-13,15H2,1-3H3,(H,23,26). The Morgan fingerprint density at radius 1 is 1.07 bits per heavy atom. The van der Waals surface area contributed by atoms with Crippen molar-refractivity contribution in [1.29, 1.82) is 0 Å². The number of benzene rings is 2. The molecule has 2 aromatic rings. The average Bonchev–Trinajstić information content (AvgIpc) is 2.69. The molecule has 0 saturated carbocycles. The topological polar surface area (TPSA) is 44.8 Å². The second-order valence-electron chi connectivity index (χ2n) is 7.28. The van der Waals surface area contributed by atoms with Crippen LogP contribution in [-0.4, -0.2) is 60.5 Å². The fourth-order valence-electron chi connectivity index (χ4n) is 3.17. The number of ether oxygens (including phenoxy) is 1. The van der Waals surface area contributed by atoms with Crippen LogP contribution in [0.3, 0.4) is 0 Å². The van der Waals surface area contributed by atoms with Crippen molar-refractivity contribution in [1.82, 2.24) is 9.80 Å². The number of hydrogen-bond acceptors (Lipinski definition) is 4. The summed E-state index contributed by atoms with van der Waals surface area (Å²) in [6.45, 7) is 7.92. The largest absolute Gasteiger partial charge is 0.484 e. The van der Waals surface area contributed by atoms with Crippen LogP contribution in [0.5, 0.6) is 5.75 Å². The first-order chi connectivity index (χ1) is 13.4. The van der Waals surface area contributed by atoms with Gasteiger partial charge in [-0.25, -0.2) is 0 Å². The summed E-state index contributed by atoms with van der Waals surface area (Å²) >= 11 is 5.63. The highest BCUT2D eigenvalue weighted by Gasteiger charge is 2.17. The molecule has 2 aromatic carbocycles. The summed E-state index contributed by atoms with van der Waals surface area (Å²) in [5.41, 5.74) is 4.02. The first-order valence-corrected chi connectivity index (χ1v) is 9.91. The van der Waals surface area contributed by atoms with Gasteiger partial charge >= 0.3 is 0 Å².